The number of fused-ring (bicyclic) bond motifs is 1. The van der Waals surface area contributed by atoms with Crippen molar-refractivity contribution in [3.05, 3.63) is 29.6 Å². The Labute approximate surface area is 77.4 Å². The molecule has 1 aliphatic heterocycles. The lowest BCUT2D eigenvalue weighted by Crippen LogP contribution is -2.22. The molecule has 3 nitrogen and oxygen atoms in total. The fourth-order valence-corrected chi connectivity index (χ4v) is 1.90. The molecule has 68 valence electrons. The number of Topliss-reactive ketones (excluding diaryl/α,β-unsaturated/α-hetero) is 1. The molecule has 13 heavy (non-hydrogen) atoms. The smallest absolute Gasteiger partial charge is 0.153 e. The maximum Gasteiger partial charge on any atom is 0.153 e. The normalized spacial score (nSPS) is 21.5. The molecule has 0 N–H and O–H groups in total. The Hall–Kier alpha value is -1.22. The van der Waals surface area contributed by atoms with Gasteiger partial charge in [0.05, 0.1) is 5.69 Å². The van der Waals surface area contributed by atoms with Gasteiger partial charge in [0.2, 0.25) is 0 Å². The highest BCUT2D eigenvalue weighted by atomic mass is 16.1. The van der Waals surface area contributed by atoms with Gasteiger partial charge in [-0.15, -0.1) is 0 Å². The van der Waals surface area contributed by atoms with Gasteiger partial charge in [-0.3, -0.25) is 14.7 Å². The molecule has 0 aromatic carbocycles. The quantitative estimate of drug-likeness (QED) is 0.643. The maximum absolute atomic E-state index is 11.3. The van der Waals surface area contributed by atoms with Crippen molar-refractivity contribution in [3.8, 4) is 0 Å². The molecule has 0 bridgehead atoms. The topological polar surface area (TPSA) is 33.2 Å². The Morgan fingerprint density at radius 2 is 2.46 bits per heavy atom. The summed E-state index contributed by atoms with van der Waals surface area (Å²) in [5.74, 6) is 0.167. The molecule has 0 fully saturated rings. The molecule has 1 aromatic heterocycles. The molecule has 2 rings (SSSR count). The van der Waals surface area contributed by atoms with E-state index in [1.54, 1.807) is 13.1 Å². The summed E-state index contributed by atoms with van der Waals surface area (Å²) in [6.07, 6.45) is 1.74. The molecule has 0 aliphatic carbocycles. The number of nitrogens with zero attached hydrogens (tertiary/aromatic N) is 2. The number of likely N-dealkylation sites (N-methyl/N-ethyl adjacent to an activating group) is 1. The number of rotatable bonds is 1. The van der Waals surface area contributed by atoms with Crippen molar-refractivity contribution in [2.24, 2.45) is 0 Å². The summed E-state index contributed by atoms with van der Waals surface area (Å²) < 4.78 is 0. The van der Waals surface area contributed by atoms with Crippen molar-refractivity contribution in [2.75, 3.05) is 7.05 Å². The number of carbonyl (C=O) groups is 1. The van der Waals surface area contributed by atoms with Crippen molar-refractivity contribution >= 4 is 5.78 Å². The zero-order valence-electron chi connectivity index (χ0n) is 7.82. The fraction of sp³-hybridized carbons (Fsp3) is 0.400. The molecule has 1 aliphatic rings. The van der Waals surface area contributed by atoms with Crippen molar-refractivity contribution in [2.45, 2.75) is 19.5 Å². The Bertz CT molecular complexity index is 349. The molecule has 0 spiro atoms. The summed E-state index contributed by atoms with van der Waals surface area (Å²) >= 11 is 0. The van der Waals surface area contributed by atoms with E-state index in [9.17, 15) is 4.79 Å². The van der Waals surface area contributed by atoms with E-state index in [1.807, 2.05) is 24.1 Å². The van der Waals surface area contributed by atoms with E-state index in [0.717, 1.165) is 12.2 Å². The van der Waals surface area contributed by atoms with E-state index in [-0.39, 0.29) is 11.8 Å². The lowest BCUT2D eigenvalue weighted by molar-refractivity contribution is -0.121. The number of hydrogen-bond acceptors (Lipinski definition) is 3. The highest BCUT2D eigenvalue weighted by Crippen LogP contribution is 2.30. The SMILES string of the molecule is CC(=O)C1c2ncccc2CN1C. The predicted octanol–water partition coefficient (Wildman–Crippen LogP) is 1.16. The standard InChI is InChI=1S/C10H12N2O/c1-7(13)10-9-8(6-12(10)2)4-3-5-11-9/h3-5,10H,6H2,1-2H3. The maximum atomic E-state index is 11.3. The van der Waals surface area contributed by atoms with Crippen molar-refractivity contribution in [1.29, 1.82) is 0 Å². The van der Waals surface area contributed by atoms with Gasteiger partial charge in [0.1, 0.15) is 6.04 Å². The second kappa shape index (κ2) is 2.92. The van der Waals surface area contributed by atoms with Gasteiger partial charge < -0.3 is 0 Å². The van der Waals surface area contributed by atoms with E-state index in [1.165, 1.54) is 5.56 Å². The summed E-state index contributed by atoms with van der Waals surface area (Å²) in [5.41, 5.74) is 2.10. The minimum Gasteiger partial charge on any atom is -0.298 e. The van der Waals surface area contributed by atoms with Crippen LogP contribution in [-0.4, -0.2) is 22.7 Å². The first kappa shape index (κ1) is 8.38. The Morgan fingerprint density at radius 1 is 1.69 bits per heavy atom. The molecule has 0 amide bonds. The molecule has 3 heteroatoms. The van der Waals surface area contributed by atoms with Gasteiger partial charge in [-0.2, -0.15) is 0 Å². The van der Waals surface area contributed by atoms with Gasteiger partial charge in [-0.1, -0.05) is 6.07 Å². The predicted molar refractivity (Wildman–Crippen MR) is 49.1 cm³/mol. The number of hydrogen-bond donors (Lipinski definition) is 0. The second-order valence-electron chi connectivity index (χ2n) is 3.48. The molecular weight excluding hydrogens is 164 g/mol. The fourth-order valence-electron chi connectivity index (χ4n) is 1.90. The van der Waals surface area contributed by atoms with Crippen LogP contribution in [0.25, 0.3) is 0 Å². The van der Waals surface area contributed by atoms with Crippen LogP contribution >= 0.6 is 0 Å². The van der Waals surface area contributed by atoms with Crippen LogP contribution in [0.4, 0.5) is 0 Å². The second-order valence-corrected chi connectivity index (χ2v) is 3.48. The van der Waals surface area contributed by atoms with E-state index in [2.05, 4.69) is 4.98 Å². The van der Waals surface area contributed by atoms with Crippen LogP contribution in [0.1, 0.15) is 24.2 Å². The highest BCUT2D eigenvalue weighted by Gasteiger charge is 2.31. The summed E-state index contributed by atoms with van der Waals surface area (Å²) in [7, 11) is 1.95. The Balaban J connectivity index is 2.46. The van der Waals surface area contributed by atoms with Crippen molar-refractivity contribution < 1.29 is 4.79 Å². The molecular formula is C10H12N2O. The van der Waals surface area contributed by atoms with Gasteiger partial charge in [0, 0.05) is 12.7 Å². The number of ketones is 1. The van der Waals surface area contributed by atoms with Crippen LogP contribution in [-0.2, 0) is 11.3 Å². The van der Waals surface area contributed by atoms with E-state index >= 15 is 0 Å². The zero-order chi connectivity index (χ0) is 9.42. The Morgan fingerprint density at radius 3 is 3.15 bits per heavy atom. The minimum absolute atomic E-state index is 0.129. The zero-order valence-corrected chi connectivity index (χ0v) is 7.82. The van der Waals surface area contributed by atoms with E-state index in [4.69, 9.17) is 0 Å². The minimum atomic E-state index is -0.129. The summed E-state index contributed by atoms with van der Waals surface area (Å²) in [5, 5.41) is 0. The van der Waals surface area contributed by atoms with Crippen LogP contribution < -0.4 is 0 Å². The van der Waals surface area contributed by atoms with Gasteiger partial charge in [-0.05, 0) is 25.6 Å². The molecule has 1 atom stereocenters. The van der Waals surface area contributed by atoms with Crippen LogP contribution in [0.3, 0.4) is 0 Å². The molecule has 0 saturated heterocycles. The Kier molecular flexibility index (Phi) is 1.88. The molecule has 0 saturated carbocycles. The van der Waals surface area contributed by atoms with Crippen LogP contribution in [0.2, 0.25) is 0 Å². The first-order valence-corrected chi connectivity index (χ1v) is 4.34. The summed E-state index contributed by atoms with van der Waals surface area (Å²) in [6, 6.07) is 3.81. The van der Waals surface area contributed by atoms with Crippen molar-refractivity contribution in [3.63, 3.8) is 0 Å². The van der Waals surface area contributed by atoms with Gasteiger partial charge >= 0.3 is 0 Å². The molecule has 1 unspecified atom stereocenters. The first-order chi connectivity index (χ1) is 6.20. The van der Waals surface area contributed by atoms with Gasteiger partial charge in [0.25, 0.3) is 0 Å². The van der Waals surface area contributed by atoms with Crippen LogP contribution in [0, 0.1) is 0 Å². The van der Waals surface area contributed by atoms with Crippen molar-refractivity contribution in [1.82, 2.24) is 9.88 Å². The molecule has 1 aromatic rings. The van der Waals surface area contributed by atoms with Gasteiger partial charge in [-0.25, -0.2) is 0 Å². The average molecular weight is 176 g/mol. The number of aromatic nitrogens is 1. The first-order valence-electron chi connectivity index (χ1n) is 4.34. The summed E-state index contributed by atoms with van der Waals surface area (Å²) in [6.45, 7) is 2.44. The molecule has 2 heterocycles. The number of carbonyl (C=O) groups excluding carboxylic acids is 1. The number of pyridine rings is 1. The van der Waals surface area contributed by atoms with Crippen LogP contribution in [0.5, 0.6) is 0 Å². The van der Waals surface area contributed by atoms with E-state index < -0.39 is 0 Å². The van der Waals surface area contributed by atoms with E-state index in [0.29, 0.717) is 0 Å². The summed E-state index contributed by atoms with van der Waals surface area (Å²) in [4.78, 5) is 17.6. The highest BCUT2D eigenvalue weighted by molar-refractivity contribution is 5.83. The third-order valence-corrected chi connectivity index (χ3v) is 2.43. The average Bonchev–Trinajstić information content (AvgIpc) is 2.39. The monoisotopic (exact) mass is 176 g/mol. The molecule has 0 radical (unpaired) electrons. The third-order valence-electron chi connectivity index (χ3n) is 2.43. The van der Waals surface area contributed by atoms with Crippen LogP contribution in [0.15, 0.2) is 18.3 Å². The lowest BCUT2D eigenvalue weighted by Gasteiger charge is -2.15. The largest absolute Gasteiger partial charge is 0.298 e. The third kappa shape index (κ3) is 1.25. The van der Waals surface area contributed by atoms with Gasteiger partial charge in [0.15, 0.2) is 5.78 Å². The lowest BCUT2D eigenvalue weighted by atomic mass is 10.1.